The summed E-state index contributed by atoms with van der Waals surface area (Å²) in [6.45, 7) is 2.51. The molecule has 1 aromatic rings. The maximum absolute atomic E-state index is 11.2. The van der Waals surface area contributed by atoms with Gasteiger partial charge in [0.05, 0.1) is 6.54 Å². The Morgan fingerprint density at radius 1 is 1.60 bits per heavy atom. The molecule has 1 N–H and O–H groups in total. The van der Waals surface area contributed by atoms with Gasteiger partial charge < -0.3 is 5.32 Å². The van der Waals surface area contributed by atoms with Crippen LogP contribution in [0, 0.1) is 0 Å². The molecule has 0 bridgehead atoms. The molecule has 1 aliphatic carbocycles. The Bertz CT molecular complexity index is 371. The quantitative estimate of drug-likeness (QED) is 0.780. The molecule has 1 aliphatic rings. The summed E-state index contributed by atoms with van der Waals surface area (Å²) in [6.07, 6.45) is 7.05. The van der Waals surface area contributed by atoms with E-state index in [-0.39, 0.29) is 5.91 Å². The van der Waals surface area contributed by atoms with Gasteiger partial charge in [0.1, 0.15) is 0 Å². The van der Waals surface area contributed by atoms with E-state index in [0.717, 1.165) is 0 Å². The van der Waals surface area contributed by atoms with Crippen LogP contribution in [0.25, 0.3) is 0 Å². The Labute approximate surface area is 94.0 Å². The first kappa shape index (κ1) is 10.4. The molecule has 80 valence electrons. The predicted octanol–water partition coefficient (Wildman–Crippen LogP) is 2.43. The second-order valence-corrected chi connectivity index (χ2v) is 4.95. The van der Waals surface area contributed by atoms with E-state index in [0.29, 0.717) is 6.54 Å². The molecule has 0 aromatic carbocycles. The number of carbonyl (C=O) groups excluding carboxylic acids is 1. The minimum atomic E-state index is -0.00828. The number of aryl methyl sites for hydroxylation is 2. The zero-order chi connectivity index (χ0) is 10.7. The van der Waals surface area contributed by atoms with Crippen molar-refractivity contribution in [3.05, 3.63) is 33.5 Å². The SMILES string of the molecule is CC=CC(=O)NCc1cc2c(s1)CCC2. The summed E-state index contributed by atoms with van der Waals surface area (Å²) in [4.78, 5) is 14.0. The molecule has 0 fully saturated rings. The fraction of sp³-hybridized carbons (Fsp3) is 0.417. The minimum absolute atomic E-state index is 0.00828. The van der Waals surface area contributed by atoms with Crippen LogP contribution in [-0.4, -0.2) is 5.91 Å². The third-order valence-corrected chi connectivity index (χ3v) is 3.79. The number of rotatable bonds is 3. The lowest BCUT2D eigenvalue weighted by molar-refractivity contribution is -0.116. The first-order chi connectivity index (χ1) is 7.29. The smallest absolute Gasteiger partial charge is 0.243 e. The first-order valence-corrected chi connectivity index (χ1v) is 6.12. The van der Waals surface area contributed by atoms with E-state index in [4.69, 9.17) is 0 Å². The molecule has 0 atom stereocenters. The standard InChI is InChI=1S/C12H15NOS/c1-2-4-12(14)13-8-10-7-9-5-3-6-11(9)15-10/h2,4,7H,3,5-6,8H2,1H3,(H,13,14). The summed E-state index contributed by atoms with van der Waals surface area (Å²) < 4.78 is 0. The van der Waals surface area contributed by atoms with E-state index in [1.54, 1.807) is 12.2 Å². The number of thiophene rings is 1. The van der Waals surface area contributed by atoms with Gasteiger partial charge in [-0.1, -0.05) is 6.08 Å². The molecule has 2 rings (SSSR count). The second kappa shape index (κ2) is 4.62. The van der Waals surface area contributed by atoms with Crippen molar-refractivity contribution in [2.45, 2.75) is 32.7 Å². The maximum atomic E-state index is 11.2. The van der Waals surface area contributed by atoms with Crippen LogP contribution < -0.4 is 5.32 Å². The molecule has 0 unspecified atom stereocenters. The summed E-state index contributed by atoms with van der Waals surface area (Å²) in [5, 5.41) is 2.87. The van der Waals surface area contributed by atoms with Crippen LogP contribution in [0.15, 0.2) is 18.2 Å². The van der Waals surface area contributed by atoms with Gasteiger partial charge in [-0.15, -0.1) is 11.3 Å². The number of allylic oxidation sites excluding steroid dienone is 1. The van der Waals surface area contributed by atoms with Gasteiger partial charge in [0.25, 0.3) is 0 Å². The lowest BCUT2D eigenvalue weighted by atomic mass is 10.2. The maximum Gasteiger partial charge on any atom is 0.243 e. The third kappa shape index (κ3) is 2.48. The van der Waals surface area contributed by atoms with E-state index < -0.39 is 0 Å². The van der Waals surface area contributed by atoms with Gasteiger partial charge in [-0.2, -0.15) is 0 Å². The fourth-order valence-electron chi connectivity index (χ4n) is 1.86. The zero-order valence-electron chi connectivity index (χ0n) is 8.88. The molecule has 0 spiro atoms. The van der Waals surface area contributed by atoms with Crippen molar-refractivity contribution in [1.82, 2.24) is 5.32 Å². The van der Waals surface area contributed by atoms with Gasteiger partial charge in [0, 0.05) is 9.75 Å². The van der Waals surface area contributed by atoms with E-state index >= 15 is 0 Å². The molecule has 0 saturated heterocycles. The lowest BCUT2D eigenvalue weighted by Crippen LogP contribution is -2.19. The predicted molar refractivity (Wildman–Crippen MR) is 63.0 cm³/mol. The highest BCUT2D eigenvalue weighted by molar-refractivity contribution is 7.12. The molecule has 2 nitrogen and oxygen atoms in total. The first-order valence-electron chi connectivity index (χ1n) is 5.30. The van der Waals surface area contributed by atoms with Crippen LogP contribution in [-0.2, 0) is 24.2 Å². The number of carbonyl (C=O) groups is 1. The van der Waals surface area contributed by atoms with Crippen LogP contribution >= 0.6 is 11.3 Å². The average Bonchev–Trinajstić information content (AvgIpc) is 2.74. The number of hydrogen-bond acceptors (Lipinski definition) is 2. The van der Waals surface area contributed by atoms with Crippen LogP contribution in [0.3, 0.4) is 0 Å². The normalized spacial score (nSPS) is 14.5. The lowest BCUT2D eigenvalue weighted by Gasteiger charge is -1.98. The van der Waals surface area contributed by atoms with Gasteiger partial charge >= 0.3 is 0 Å². The molecule has 1 amide bonds. The summed E-state index contributed by atoms with van der Waals surface area (Å²) >= 11 is 1.84. The molecule has 0 saturated carbocycles. The van der Waals surface area contributed by atoms with Crippen molar-refractivity contribution in [1.29, 1.82) is 0 Å². The molecule has 0 radical (unpaired) electrons. The van der Waals surface area contributed by atoms with Crippen LogP contribution in [0.2, 0.25) is 0 Å². The van der Waals surface area contributed by atoms with Crippen molar-refractivity contribution in [3.63, 3.8) is 0 Å². The molecule has 1 heterocycles. The Balaban J connectivity index is 1.91. The monoisotopic (exact) mass is 221 g/mol. The Morgan fingerprint density at radius 3 is 3.20 bits per heavy atom. The third-order valence-electron chi connectivity index (χ3n) is 2.55. The average molecular weight is 221 g/mol. The summed E-state index contributed by atoms with van der Waals surface area (Å²) in [6, 6.07) is 2.24. The van der Waals surface area contributed by atoms with Gasteiger partial charge in [0.15, 0.2) is 0 Å². The Morgan fingerprint density at radius 2 is 2.47 bits per heavy atom. The molecule has 3 heteroatoms. The Hall–Kier alpha value is -1.09. The van der Waals surface area contributed by atoms with E-state index in [2.05, 4.69) is 11.4 Å². The minimum Gasteiger partial charge on any atom is -0.348 e. The number of hydrogen-bond donors (Lipinski definition) is 1. The van der Waals surface area contributed by atoms with Gasteiger partial charge in [-0.3, -0.25) is 4.79 Å². The highest BCUT2D eigenvalue weighted by atomic mass is 32.1. The summed E-state index contributed by atoms with van der Waals surface area (Å²) in [7, 11) is 0. The molecule has 0 aliphatic heterocycles. The van der Waals surface area contributed by atoms with E-state index in [9.17, 15) is 4.79 Å². The van der Waals surface area contributed by atoms with Crippen molar-refractivity contribution in [2.24, 2.45) is 0 Å². The van der Waals surface area contributed by atoms with Crippen LogP contribution in [0.4, 0.5) is 0 Å². The topological polar surface area (TPSA) is 29.1 Å². The van der Waals surface area contributed by atoms with Crippen molar-refractivity contribution >= 4 is 17.2 Å². The molecular weight excluding hydrogens is 206 g/mol. The largest absolute Gasteiger partial charge is 0.348 e. The van der Waals surface area contributed by atoms with Crippen molar-refractivity contribution in [2.75, 3.05) is 0 Å². The Kier molecular flexibility index (Phi) is 3.21. The van der Waals surface area contributed by atoms with Gasteiger partial charge in [-0.25, -0.2) is 0 Å². The summed E-state index contributed by atoms with van der Waals surface area (Å²) in [5.41, 5.74) is 1.50. The number of nitrogens with one attached hydrogen (secondary N) is 1. The number of fused-ring (bicyclic) bond motifs is 1. The second-order valence-electron chi connectivity index (χ2n) is 3.73. The van der Waals surface area contributed by atoms with Gasteiger partial charge in [0.2, 0.25) is 5.91 Å². The van der Waals surface area contributed by atoms with Gasteiger partial charge in [-0.05, 0) is 43.9 Å². The zero-order valence-corrected chi connectivity index (χ0v) is 9.69. The summed E-state index contributed by atoms with van der Waals surface area (Å²) in [5.74, 6) is -0.00828. The highest BCUT2D eigenvalue weighted by Gasteiger charge is 2.14. The molecule has 1 aromatic heterocycles. The molecular formula is C12H15NOS. The highest BCUT2D eigenvalue weighted by Crippen LogP contribution is 2.30. The molecule has 15 heavy (non-hydrogen) atoms. The van der Waals surface area contributed by atoms with Crippen LogP contribution in [0.1, 0.15) is 28.7 Å². The van der Waals surface area contributed by atoms with Crippen molar-refractivity contribution < 1.29 is 4.79 Å². The van der Waals surface area contributed by atoms with E-state index in [1.165, 1.54) is 34.6 Å². The van der Waals surface area contributed by atoms with Crippen molar-refractivity contribution in [3.8, 4) is 0 Å². The number of amides is 1. The van der Waals surface area contributed by atoms with Crippen LogP contribution in [0.5, 0.6) is 0 Å². The fourth-order valence-corrected chi connectivity index (χ4v) is 3.06. The van der Waals surface area contributed by atoms with E-state index in [1.807, 2.05) is 18.3 Å².